The molecule has 0 aliphatic heterocycles. The number of aliphatic carboxylic acids is 3. The van der Waals surface area contributed by atoms with Crippen LogP contribution in [-0.2, 0) is 14.4 Å². The van der Waals surface area contributed by atoms with Crippen molar-refractivity contribution < 1.29 is 56.7 Å². The van der Waals surface area contributed by atoms with Gasteiger partial charge in [0, 0.05) is 0 Å². The third-order valence-electron chi connectivity index (χ3n) is 1.29. The standard InChI is InChI=1S/C6H8O7.3Ca.4H2O.6H/c7-3(8)1-6(13,5(11)12)2-4(9)10;;;;;;;;;;;;;/h13H,1-2H2,(H,7,8)(H,9,10)(H,11,12);;;;4*1H2;;;;;;. The molecule has 11 nitrogen and oxygen atoms in total. The van der Waals surface area contributed by atoms with Crippen molar-refractivity contribution >= 4 is 131 Å². The first-order valence-electron chi connectivity index (χ1n) is 3.17. The second-order valence-electron chi connectivity index (χ2n) is 2.48. The normalized spacial score (nSPS) is 7.05. The molecular formula is C6H22Ca3O11. The Labute approximate surface area is 202 Å². The third-order valence-corrected chi connectivity index (χ3v) is 1.29. The van der Waals surface area contributed by atoms with E-state index in [-0.39, 0.29) is 135 Å². The molecular weight excluding hydrogens is 368 g/mol. The molecule has 0 aliphatic rings. The van der Waals surface area contributed by atoms with E-state index in [0.29, 0.717) is 0 Å². The van der Waals surface area contributed by atoms with E-state index in [9.17, 15) is 14.4 Å². The Morgan fingerprint density at radius 2 is 0.900 bits per heavy atom. The number of hydrogen-bond donors (Lipinski definition) is 4. The molecule has 0 aromatic rings. The average Bonchev–Trinajstić information content (AvgIpc) is 1.82. The van der Waals surface area contributed by atoms with E-state index in [1.165, 1.54) is 0 Å². The topological polar surface area (TPSA) is 258 Å². The molecule has 0 atom stereocenters. The van der Waals surface area contributed by atoms with Crippen LogP contribution in [0.4, 0.5) is 0 Å². The second kappa shape index (κ2) is 23.3. The van der Waals surface area contributed by atoms with Gasteiger partial charge in [0.2, 0.25) is 0 Å². The molecule has 12 N–H and O–H groups in total. The Kier molecular flexibility index (Phi) is 57.6. The van der Waals surface area contributed by atoms with Crippen LogP contribution in [-0.4, -0.2) is 179 Å². The van der Waals surface area contributed by atoms with Crippen molar-refractivity contribution in [2.45, 2.75) is 18.4 Å². The molecule has 20 heavy (non-hydrogen) atoms. The summed E-state index contributed by atoms with van der Waals surface area (Å²) < 4.78 is 0. The SMILES string of the molecule is O.O.O.O.O=C(O)CC(O)(CC(=O)O)C(=O)O.[CaH2].[CaH2].[CaH2]. The van der Waals surface area contributed by atoms with E-state index in [1.807, 2.05) is 0 Å². The van der Waals surface area contributed by atoms with Crippen LogP contribution in [0, 0.1) is 0 Å². The summed E-state index contributed by atoms with van der Waals surface area (Å²) in [6.07, 6.45) is -2.29. The van der Waals surface area contributed by atoms with Crippen molar-refractivity contribution in [3.05, 3.63) is 0 Å². The summed E-state index contributed by atoms with van der Waals surface area (Å²) in [4.78, 5) is 30.5. The monoisotopic (exact) mass is 390 g/mol. The van der Waals surface area contributed by atoms with Crippen molar-refractivity contribution in [3.8, 4) is 0 Å². The van der Waals surface area contributed by atoms with E-state index < -0.39 is 36.4 Å². The second-order valence-corrected chi connectivity index (χ2v) is 2.48. The quantitative estimate of drug-likeness (QED) is 0.329. The molecule has 0 rings (SSSR count). The summed E-state index contributed by atoms with van der Waals surface area (Å²) in [5.74, 6) is -5.02. The summed E-state index contributed by atoms with van der Waals surface area (Å²) in [5, 5.41) is 33.8. The van der Waals surface area contributed by atoms with Crippen LogP contribution in [0.15, 0.2) is 0 Å². The summed E-state index contributed by atoms with van der Waals surface area (Å²) in [7, 11) is 0. The molecule has 0 saturated heterocycles. The minimum atomic E-state index is -2.74. The van der Waals surface area contributed by atoms with E-state index in [2.05, 4.69) is 0 Å². The zero-order valence-electron chi connectivity index (χ0n) is 8.43. The maximum atomic E-state index is 10.3. The summed E-state index contributed by atoms with van der Waals surface area (Å²) in [6.45, 7) is 0. The van der Waals surface area contributed by atoms with Crippen LogP contribution in [0.3, 0.4) is 0 Å². The van der Waals surface area contributed by atoms with E-state index in [4.69, 9.17) is 20.4 Å². The van der Waals surface area contributed by atoms with Gasteiger partial charge in [-0.05, 0) is 0 Å². The minimum absolute atomic E-state index is 0. The maximum absolute atomic E-state index is 10.3. The fourth-order valence-electron chi connectivity index (χ4n) is 0.714. The van der Waals surface area contributed by atoms with Gasteiger partial charge in [0.25, 0.3) is 0 Å². The van der Waals surface area contributed by atoms with Crippen molar-refractivity contribution in [1.82, 2.24) is 0 Å². The van der Waals surface area contributed by atoms with Crippen molar-refractivity contribution in [2.24, 2.45) is 0 Å². The number of hydrogen-bond acceptors (Lipinski definition) is 4. The molecule has 0 saturated carbocycles. The number of carbonyl (C=O) groups is 3. The van der Waals surface area contributed by atoms with Crippen LogP contribution in [0.5, 0.6) is 0 Å². The van der Waals surface area contributed by atoms with Gasteiger partial charge in [-0.25, -0.2) is 4.79 Å². The Morgan fingerprint density at radius 3 is 1.00 bits per heavy atom. The van der Waals surface area contributed by atoms with Crippen LogP contribution >= 0.6 is 0 Å². The van der Waals surface area contributed by atoms with Crippen LogP contribution in [0.2, 0.25) is 0 Å². The fraction of sp³-hybridized carbons (Fsp3) is 0.500. The number of rotatable bonds is 5. The number of carboxylic acids is 3. The molecule has 0 fully saturated rings. The summed E-state index contributed by atoms with van der Waals surface area (Å²) in [6, 6.07) is 0. The van der Waals surface area contributed by atoms with Crippen LogP contribution in [0.1, 0.15) is 12.8 Å². The van der Waals surface area contributed by atoms with Gasteiger partial charge < -0.3 is 42.3 Å². The summed E-state index contributed by atoms with van der Waals surface area (Å²) in [5.41, 5.74) is -2.74. The first-order chi connectivity index (χ1) is 5.78. The molecule has 14 heteroatoms. The zero-order valence-corrected chi connectivity index (χ0v) is 8.43. The molecule has 0 unspecified atom stereocenters. The average molecular weight is 390 g/mol. The van der Waals surface area contributed by atoms with E-state index in [0.717, 1.165) is 0 Å². The molecule has 0 amide bonds. The predicted molar refractivity (Wildman–Crippen MR) is 77.2 cm³/mol. The first kappa shape index (κ1) is 49.5. The summed E-state index contributed by atoms with van der Waals surface area (Å²) >= 11 is 0. The van der Waals surface area contributed by atoms with Crippen LogP contribution < -0.4 is 0 Å². The van der Waals surface area contributed by atoms with Gasteiger partial charge >= 0.3 is 131 Å². The van der Waals surface area contributed by atoms with Crippen molar-refractivity contribution in [3.63, 3.8) is 0 Å². The van der Waals surface area contributed by atoms with Gasteiger partial charge in [-0.1, -0.05) is 0 Å². The first-order valence-corrected chi connectivity index (χ1v) is 3.17. The van der Waals surface area contributed by atoms with Gasteiger partial charge in [-0.3, -0.25) is 9.59 Å². The van der Waals surface area contributed by atoms with Gasteiger partial charge in [-0.15, -0.1) is 0 Å². The molecule has 0 aliphatic carbocycles. The Hall–Kier alpha value is 1.99. The Morgan fingerprint density at radius 1 is 0.700 bits per heavy atom. The molecule has 0 spiro atoms. The Balaban J connectivity index is -0.0000000343. The third kappa shape index (κ3) is 22.3. The Bertz CT molecular complexity index is 243. The van der Waals surface area contributed by atoms with Gasteiger partial charge in [0.05, 0.1) is 12.8 Å². The molecule has 0 heterocycles. The van der Waals surface area contributed by atoms with Crippen molar-refractivity contribution in [1.29, 1.82) is 0 Å². The zero-order chi connectivity index (χ0) is 10.6. The van der Waals surface area contributed by atoms with Gasteiger partial charge in [0.1, 0.15) is 0 Å². The van der Waals surface area contributed by atoms with Gasteiger partial charge in [0.15, 0.2) is 5.60 Å². The number of carboxylic acid groups (broad SMARTS) is 3. The molecule has 0 bridgehead atoms. The number of aliphatic hydroxyl groups is 1. The van der Waals surface area contributed by atoms with Crippen molar-refractivity contribution in [2.75, 3.05) is 0 Å². The van der Waals surface area contributed by atoms with E-state index in [1.54, 1.807) is 0 Å². The molecule has 118 valence electrons. The van der Waals surface area contributed by atoms with E-state index >= 15 is 0 Å². The predicted octanol–water partition coefficient (Wildman–Crippen LogP) is -7.30. The van der Waals surface area contributed by atoms with Gasteiger partial charge in [-0.2, -0.15) is 0 Å². The molecule has 0 aromatic carbocycles. The van der Waals surface area contributed by atoms with Crippen LogP contribution in [0.25, 0.3) is 0 Å². The molecule has 0 aromatic heterocycles. The fourth-order valence-corrected chi connectivity index (χ4v) is 0.714. The molecule has 0 radical (unpaired) electrons.